The Morgan fingerprint density at radius 1 is 1.44 bits per heavy atom. The third kappa shape index (κ3) is 3.67. The van der Waals surface area contributed by atoms with Crippen molar-refractivity contribution in [2.45, 2.75) is 19.4 Å². The predicted molar refractivity (Wildman–Crippen MR) is 66.8 cm³/mol. The summed E-state index contributed by atoms with van der Waals surface area (Å²) in [7, 11) is 0. The lowest BCUT2D eigenvalue weighted by Crippen LogP contribution is -2.38. The van der Waals surface area contributed by atoms with E-state index >= 15 is 0 Å². The van der Waals surface area contributed by atoms with Crippen molar-refractivity contribution >= 4 is 29.1 Å². The smallest absolute Gasteiger partial charge is 0.224 e. The summed E-state index contributed by atoms with van der Waals surface area (Å²) in [6.45, 7) is 2.24. The zero-order valence-electron chi connectivity index (χ0n) is 8.97. The molecule has 0 bridgehead atoms. The summed E-state index contributed by atoms with van der Waals surface area (Å²) in [4.78, 5) is 11.6. The van der Waals surface area contributed by atoms with Crippen LogP contribution in [-0.2, 0) is 11.2 Å². The molecule has 0 aromatic heterocycles. The number of amides is 1. The molecule has 1 aromatic rings. The molecule has 0 radical (unpaired) electrons. The van der Waals surface area contributed by atoms with Gasteiger partial charge in [-0.3, -0.25) is 4.79 Å². The number of benzene rings is 1. The third-order valence-electron chi connectivity index (χ3n) is 2.16. The minimum atomic E-state index is -0.132. The number of carbonyl (C=O) groups excluding carboxylic acids is 1. The van der Waals surface area contributed by atoms with Gasteiger partial charge in [-0.2, -0.15) is 0 Å². The minimum Gasteiger partial charge on any atom is -0.352 e. The average Bonchev–Trinajstić information content (AvgIpc) is 2.23. The van der Waals surface area contributed by atoms with Crippen LogP contribution in [0.3, 0.4) is 0 Å². The highest BCUT2D eigenvalue weighted by molar-refractivity contribution is 6.36. The molecule has 0 heterocycles. The van der Waals surface area contributed by atoms with Crippen LogP contribution in [0.4, 0.5) is 0 Å². The van der Waals surface area contributed by atoms with Crippen LogP contribution >= 0.6 is 23.2 Å². The molecule has 0 unspecified atom stereocenters. The molecule has 1 aromatic carbocycles. The highest BCUT2D eigenvalue weighted by Gasteiger charge is 2.11. The first kappa shape index (κ1) is 13.3. The first-order valence-corrected chi connectivity index (χ1v) is 5.72. The molecular weight excluding hydrogens is 247 g/mol. The van der Waals surface area contributed by atoms with E-state index in [1.54, 1.807) is 18.2 Å². The fourth-order valence-electron chi connectivity index (χ4n) is 1.25. The molecule has 0 aliphatic carbocycles. The Labute approximate surface area is 105 Å². The van der Waals surface area contributed by atoms with Gasteiger partial charge in [-0.25, -0.2) is 0 Å². The van der Waals surface area contributed by atoms with Crippen LogP contribution in [0.15, 0.2) is 18.2 Å². The molecule has 0 saturated carbocycles. The van der Waals surface area contributed by atoms with E-state index in [0.29, 0.717) is 22.2 Å². The van der Waals surface area contributed by atoms with Crippen LogP contribution in [0.5, 0.6) is 0 Å². The first-order chi connectivity index (χ1) is 7.54. The van der Waals surface area contributed by atoms with Crippen molar-refractivity contribution in [2.75, 3.05) is 6.54 Å². The van der Waals surface area contributed by atoms with Gasteiger partial charge in [0, 0.05) is 22.6 Å². The maximum atomic E-state index is 11.6. The van der Waals surface area contributed by atoms with Gasteiger partial charge in [0.25, 0.3) is 0 Å². The summed E-state index contributed by atoms with van der Waals surface area (Å²) in [5, 5.41) is 3.76. The monoisotopic (exact) mass is 260 g/mol. The minimum absolute atomic E-state index is 0.0474. The Bertz CT molecular complexity index is 362. The molecule has 0 aliphatic rings. The molecule has 0 saturated heterocycles. The van der Waals surface area contributed by atoms with Crippen molar-refractivity contribution in [3.63, 3.8) is 0 Å². The normalized spacial score (nSPS) is 12.2. The predicted octanol–water partition coefficient (Wildman–Crippen LogP) is 2.00. The molecule has 1 amide bonds. The zero-order valence-corrected chi connectivity index (χ0v) is 10.5. The first-order valence-electron chi connectivity index (χ1n) is 4.97. The van der Waals surface area contributed by atoms with Gasteiger partial charge < -0.3 is 11.1 Å². The molecular formula is C11H14Cl2N2O. The Morgan fingerprint density at radius 3 is 2.50 bits per heavy atom. The van der Waals surface area contributed by atoms with Crippen molar-refractivity contribution < 1.29 is 4.79 Å². The van der Waals surface area contributed by atoms with Crippen molar-refractivity contribution in [3.05, 3.63) is 33.8 Å². The van der Waals surface area contributed by atoms with E-state index in [1.165, 1.54) is 0 Å². The Balaban J connectivity index is 2.70. The highest BCUT2D eigenvalue weighted by atomic mass is 35.5. The van der Waals surface area contributed by atoms with Gasteiger partial charge >= 0.3 is 0 Å². The maximum absolute atomic E-state index is 11.6. The number of nitrogens with two attached hydrogens (primary N) is 1. The van der Waals surface area contributed by atoms with E-state index in [0.717, 1.165) is 0 Å². The fraction of sp³-hybridized carbons (Fsp3) is 0.364. The Hall–Kier alpha value is -0.770. The second-order valence-corrected chi connectivity index (χ2v) is 4.40. The second kappa shape index (κ2) is 6.09. The number of halogens is 2. The number of carbonyl (C=O) groups is 1. The highest BCUT2D eigenvalue weighted by Crippen LogP contribution is 2.24. The van der Waals surface area contributed by atoms with Crippen molar-refractivity contribution in [1.29, 1.82) is 0 Å². The quantitative estimate of drug-likeness (QED) is 0.870. The van der Waals surface area contributed by atoms with E-state index in [4.69, 9.17) is 28.9 Å². The molecule has 0 spiro atoms. The van der Waals surface area contributed by atoms with E-state index in [9.17, 15) is 4.79 Å². The van der Waals surface area contributed by atoms with Gasteiger partial charge in [-0.15, -0.1) is 0 Å². The van der Waals surface area contributed by atoms with Crippen molar-refractivity contribution in [2.24, 2.45) is 5.73 Å². The van der Waals surface area contributed by atoms with E-state index < -0.39 is 0 Å². The fourth-order valence-corrected chi connectivity index (χ4v) is 1.78. The van der Waals surface area contributed by atoms with E-state index in [-0.39, 0.29) is 18.4 Å². The lowest BCUT2D eigenvalue weighted by atomic mass is 10.1. The molecule has 1 rings (SSSR count). The second-order valence-electron chi connectivity index (χ2n) is 3.58. The average molecular weight is 261 g/mol. The molecule has 3 nitrogen and oxygen atoms in total. The molecule has 0 fully saturated rings. The van der Waals surface area contributed by atoms with Crippen LogP contribution < -0.4 is 11.1 Å². The summed E-state index contributed by atoms with van der Waals surface area (Å²) >= 11 is 11.9. The van der Waals surface area contributed by atoms with Gasteiger partial charge in [0.1, 0.15) is 0 Å². The lowest BCUT2D eigenvalue weighted by molar-refractivity contribution is -0.120. The SMILES string of the molecule is C[C@@H](CN)NC(=O)Cc1c(Cl)cccc1Cl. The Kier molecular flexibility index (Phi) is 5.06. The zero-order chi connectivity index (χ0) is 12.1. The summed E-state index contributed by atoms with van der Waals surface area (Å²) in [5.74, 6) is -0.132. The van der Waals surface area contributed by atoms with E-state index in [1.807, 2.05) is 6.92 Å². The number of rotatable bonds is 4. The van der Waals surface area contributed by atoms with Crippen molar-refractivity contribution in [3.8, 4) is 0 Å². The van der Waals surface area contributed by atoms with Crippen molar-refractivity contribution in [1.82, 2.24) is 5.32 Å². The maximum Gasteiger partial charge on any atom is 0.224 e. The third-order valence-corrected chi connectivity index (χ3v) is 2.87. The summed E-state index contributed by atoms with van der Waals surface area (Å²) in [6, 6.07) is 5.12. The molecule has 1 atom stereocenters. The largest absolute Gasteiger partial charge is 0.352 e. The molecule has 88 valence electrons. The summed E-state index contributed by atoms with van der Waals surface area (Å²) < 4.78 is 0. The van der Waals surface area contributed by atoms with Gasteiger partial charge in [0.05, 0.1) is 6.42 Å². The van der Waals surface area contributed by atoms with E-state index in [2.05, 4.69) is 5.32 Å². The van der Waals surface area contributed by atoms with Gasteiger partial charge in [-0.05, 0) is 24.6 Å². The van der Waals surface area contributed by atoms with Gasteiger partial charge in [0.15, 0.2) is 0 Å². The summed E-state index contributed by atoms with van der Waals surface area (Å²) in [6.07, 6.45) is 0.169. The van der Waals surface area contributed by atoms with Crippen LogP contribution in [-0.4, -0.2) is 18.5 Å². The Morgan fingerprint density at radius 2 is 2.00 bits per heavy atom. The number of hydrogen-bond donors (Lipinski definition) is 2. The van der Waals surface area contributed by atoms with Crippen LogP contribution in [0, 0.1) is 0 Å². The van der Waals surface area contributed by atoms with Crippen LogP contribution in [0.2, 0.25) is 10.0 Å². The summed E-state index contributed by atoms with van der Waals surface area (Å²) in [5.41, 5.74) is 6.05. The van der Waals surface area contributed by atoms with Crippen LogP contribution in [0.25, 0.3) is 0 Å². The van der Waals surface area contributed by atoms with Crippen LogP contribution in [0.1, 0.15) is 12.5 Å². The number of nitrogens with one attached hydrogen (secondary N) is 1. The molecule has 3 N–H and O–H groups in total. The molecule has 16 heavy (non-hydrogen) atoms. The van der Waals surface area contributed by atoms with Gasteiger partial charge in [-0.1, -0.05) is 29.3 Å². The topological polar surface area (TPSA) is 55.1 Å². The molecule has 0 aliphatic heterocycles. The van der Waals surface area contributed by atoms with Gasteiger partial charge in [0.2, 0.25) is 5.91 Å². The number of hydrogen-bond acceptors (Lipinski definition) is 2. The lowest BCUT2D eigenvalue weighted by Gasteiger charge is -2.12. The standard InChI is InChI=1S/C11H14Cl2N2O/c1-7(6-14)15-11(16)5-8-9(12)3-2-4-10(8)13/h2-4,7H,5-6,14H2,1H3,(H,15,16)/t7-/m0/s1. The molecule has 5 heteroatoms.